The zero-order chi connectivity index (χ0) is 18.6. The Labute approximate surface area is 160 Å². The maximum Gasteiger partial charge on any atom is 0.276 e. The van der Waals surface area contributed by atoms with Crippen molar-refractivity contribution in [3.63, 3.8) is 0 Å². The lowest BCUT2D eigenvalue weighted by atomic mass is 10.2. The second-order valence-electron chi connectivity index (χ2n) is 7.49. The molecular weight excluding hydrogens is 340 g/mol. The third-order valence-corrected chi connectivity index (χ3v) is 5.43. The lowest BCUT2D eigenvalue weighted by Crippen LogP contribution is -2.45. The normalized spacial score (nSPS) is 18.6. The quantitative estimate of drug-likeness (QED) is 0.752. The predicted octanol–water partition coefficient (Wildman–Crippen LogP) is 2.62. The second kappa shape index (κ2) is 8.23. The molecule has 0 radical (unpaired) electrons. The molecule has 1 saturated carbocycles. The van der Waals surface area contributed by atoms with Crippen molar-refractivity contribution in [3.05, 3.63) is 53.7 Å². The summed E-state index contributed by atoms with van der Waals surface area (Å²) in [4.78, 5) is 23.8. The summed E-state index contributed by atoms with van der Waals surface area (Å²) in [6.45, 7) is 8.46. The van der Waals surface area contributed by atoms with Gasteiger partial charge in [0.2, 0.25) is 5.89 Å². The summed E-state index contributed by atoms with van der Waals surface area (Å²) in [5.41, 5.74) is 1.81. The fourth-order valence-corrected chi connectivity index (χ4v) is 3.72. The van der Waals surface area contributed by atoms with Crippen molar-refractivity contribution in [1.82, 2.24) is 19.7 Å². The Morgan fingerprint density at radius 1 is 1.11 bits per heavy atom. The molecule has 0 bridgehead atoms. The molecule has 6 nitrogen and oxygen atoms in total. The van der Waals surface area contributed by atoms with E-state index >= 15 is 0 Å². The number of rotatable bonds is 7. The third-order valence-electron chi connectivity index (χ3n) is 5.43. The summed E-state index contributed by atoms with van der Waals surface area (Å²) in [5, 5.41) is 0. The molecule has 2 aromatic rings. The molecule has 2 fully saturated rings. The largest absolute Gasteiger partial charge is 0.447 e. The molecule has 4 rings (SSSR count). The van der Waals surface area contributed by atoms with Crippen LogP contribution in [-0.2, 0) is 13.1 Å². The lowest BCUT2D eigenvalue weighted by molar-refractivity contribution is 0.0746. The molecule has 0 atom stereocenters. The van der Waals surface area contributed by atoms with Crippen molar-refractivity contribution < 1.29 is 9.21 Å². The van der Waals surface area contributed by atoms with Gasteiger partial charge in [-0.05, 0) is 25.3 Å². The molecule has 0 unspecified atom stereocenters. The molecule has 2 aliphatic rings. The van der Waals surface area contributed by atoms with Gasteiger partial charge in [-0.2, -0.15) is 0 Å². The van der Waals surface area contributed by atoms with Crippen LogP contribution in [-0.4, -0.2) is 64.4 Å². The number of amides is 1. The van der Waals surface area contributed by atoms with E-state index in [0.717, 1.165) is 52.1 Å². The van der Waals surface area contributed by atoms with Crippen LogP contribution in [0.25, 0.3) is 0 Å². The van der Waals surface area contributed by atoms with Crippen LogP contribution in [0.3, 0.4) is 0 Å². The van der Waals surface area contributed by atoms with Gasteiger partial charge in [0, 0.05) is 45.3 Å². The van der Waals surface area contributed by atoms with Gasteiger partial charge in [0.15, 0.2) is 5.69 Å². The van der Waals surface area contributed by atoms with Crippen LogP contribution >= 0.6 is 0 Å². The second-order valence-corrected chi connectivity index (χ2v) is 7.49. The van der Waals surface area contributed by atoms with Crippen molar-refractivity contribution in [2.45, 2.75) is 38.9 Å². The van der Waals surface area contributed by atoms with Crippen LogP contribution in [0.2, 0.25) is 0 Å². The Bertz CT molecular complexity index is 749. The van der Waals surface area contributed by atoms with E-state index in [1.807, 2.05) is 11.8 Å². The van der Waals surface area contributed by atoms with E-state index in [1.54, 1.807) is 0 Å². The zero-order valence-electron chi connectivity index (χ0n) is 16.0. The molecule has 27 heavy (non-hydrogen) atoms. The van der Waals surface area contributed by atoms with Crippen LogP contribution in [0.15, 0.2) is 41.0 Å². The van der Waals surface area contributed by atoms with Crippen molar-refractivity contribution >= 4 is 5.91 Å². The highest BCUT2D eigenvalue weighted by Crippen LogP contribution is 2.27. The van der Waals surface area contributed by atoms with Crippen molar-refractivity contribution in [2.75, 3.05) is 32.7 Å². The van der Waals surface area contributed by atoms with Gasteiger partial charge in [0.05, 0.1) is 6.54 Å². The molecule has 1 saturated heterocycles. The number of nitrogens with zero attached hydrogens (tertiary/aromatic N) is 4. The standard InChI is InChI=1S/C21H28N4O2/c1-2-25(18-8-9-18)21(26)19-16-27-20(22-19)15-24-12-10-23(11-13-24)14-17-6-4-3-5-7-17/h3-7,16,18H,2,8-15H2,1H3. The van der Waals surface area contributed by atoms with Gasteiger partial charge in [-0.25, -0.2) is 4.98 Å². The smallest absolute Gasteiger partial charge is 0.276 e. The molecule has 1 amide bonds. The van der Waals surface area contributed by atoms with Crippen molar-refractivity contribution in [1.29, 1.82) is 0 Å². The molecule has 1 aromatic heterocycles. The first-order chi connectivity index (χ1) is 13.2. The first kappa shape index (κ1) is 18.2. The minimum atomic E-state index is 0.00248. The van der Waals surface area contributed by atoms with Gasteiger partial charge in [-0.15, -0.1) is 0 Å². The van der Waals surface area contributed by atoms with E-state index in [9.17, 15) is 4.79 Å². The van der Waals surface area contributed by atoms with Crippen molar-refractivity contribution in [2.24, 2.45) is 0 Å². The Kier molecular flexibility index (Phi) is 5.55. The number of oxazole rings is 1. The van der Waals surface area contributed by atoms with E-state index < -0.39 is 0 Å². The van der Waals surface area contributed by atoms with Gasteiger partial charge in [-0.1, -0.05) is 30.3 Å². The monoisotopic (exact) mass is 368 g/mol. The van der Waals surface area contributed by atoms with Crippen LogP contribution in [0.1, 0.15) is 41.7 Å². The maximum atomic E-state index is 12.6. The van der Waals surface area contributed by atoms with Gasteiger partial charge in [0.25, 0.3) is 5.91 Å². The molecule has 144 valence electrons. The SMILES string of the molecule is CCN(C(=O)c1coc(CN2CCN(Cc3ccccc3)CC2)n1)C1CC1. The minimum absolute atomic E-state index is 0.00248. The van der Waals surface area contributed by atoms with E-state index in [2.05, 4.69) is 45.1 Å². The van der Waals surface area contributed by atoms with E-state index in [-0.39, 0.29) is 5.91 Å². The summed E-state index contributed by atoms with van der Waals surface area (Å²) in [5.74, 6) is 0.643. The highest BCUT2D eigenvalue weighted by atomic mass is 16.3. The van der Waals surface area contributed by atoms with Crippen LogP contribution in [0, 0.1) is 0 Å². The van der Waals surface area contributed by atoms with Crippen molar-refractivity contribution in [3.8, 4) is 0 Å². The summed E-state index contributed by atoms with van der Waals surface area (Å²) in [7, 11) is 0. The summed E-state index contributed by atoms with van der Waals surface area (Å²) < 4.78 is 5.59. The first-order valence-electron chi connectivity index (χ1n) is 9.97. The van der Waals surface area contributed by atoms with Gasteiger partial charge in [0.1, 0.15) is 6.26 Å². The highest BCUT2D eigenvalue weighted by Gasteiger charge is 2.33. The maximum absolute atomic E-state index is 12.6. The number of piperazine rings is 1. The number of carbonyl (C=O) groups excluding carboxylic acids is 1. The van der Waals surface area contributed by atoms with E-state index in [0.29, 0.717) is 24.2 Å². The van der Waals surface area contributed by atoms with Crippen LogP contribution in [0.5, 0.6) is 0 Å². The average molecular weight is 368 g/mol. The predicted molar refractivity (Wildman–Crippen MR) is 103 cm³/mol. The Morgan fingerprint density at radius 2 is 1.78 bits per heavy atom. The number of benzene rings is 1. The Balaban J connectivity index is 1.27. The lowest BCUT2D eigenvalue weighted by Gasteiger charge is -2.34. The molecule has 1 aromatic carbocycles. The fraction of sp³-hybridized carbons (Fsp3) is 0.524. The molecule has 1 aliphatic heterocycles. The van der Waals surface area contributed by atoms with Gasteiger partial charge < -0.3 is 9.32 Å². The number of carbonyl (C=O) groups is 1. The minimum Gasteiger partial charge on any atom is -0.447 e. The van der Waals surface area contributed by atoms with Crippen LogP contribution < -0.4 is 0 Å². The Morgan fingerprint density at radius 3 is 2.41 bits per heavy atom. The summed E-state index contributed by atoms with van der Waals surface area (Å²) >= 11 is 0. The molecule has 0 N–H and O–H groups in total. The highest BCUT2D eigenvalue weighted by molar-refractivity contribution is 5.92. The fourth-order valence-electron chi connectivity index (χ4n) is 3.72. The molecule has 2 heterocycles. The zero-order valence-corrected chi connectivity index (χ0v) is 16.0. The number of aromatic nitrogens is 1. The van der Waals surface area contributed by atoms with Crippen LogP contribution in [0.4, 0.5) is 0 Å². The first-order valence-corrected chi connectivity index (χ1v) is 9.97. The van der Waals surface area contributed by atoms with E-state index in [4.69, 9.17) is 4.42 Å². The average Bonchev–Trinajstić information content (AvgIpc) is 3.42. The summed E-state index contributed by atoms with van der Waals surface area (Å²) in [6, 6.07) is 11.0. The third kappa shape index (κ3) is 4.57. The van der Waals surface area contributed by atoms with Gasteiger partial charge >= 0.3 is 0 Å². The van der Waals surface area contributed by atoms with Gasteiger partial charge in [-0.3, -0.25) is 14.6 Å². The molecule has 6 heteroatoms. The Hall–Kier alpha value is -2.18. The molecular formula is C21H28N4O2. The molecule has 1 aliphatic carbocycles. The van der Waals surface area contributed by atoms with E-state index in [1.165, 1.54) is 11.8 Å². The number of hydrogen-bond acceptors (Lipinski definition) is 5. The summed E-state index contributed by atoms with van der Waals surface area (Å²) in [6.07, 6.45) is 3.74. The molecule has 0 spiro atoms. The number of hydrogen-bond donors (Lipinski definition) is 0. The topological polar surface area (TPSA) is 52.8 Å².